The number of aryl methyl sites for hydroxylation is 2. The summed E-state index contributed by atoms with van der Waals surface area (Å²) in [5.74, 6) is 1.44. The van der Waals surface area contributed by atoms with E-state index in [9.17, 15) is 4.79 Å². The van der Waals surface area contributed by atoms with Crippen molar-refractivity contribution in [2.24, 2.45) is 0 Å². The van der Waals surface area contributed by atoms with E-state index in [1.807, 2.05) is 44.2 Å². The molecule has 1 amide bonds. The largest absolute Gasteiger partial charge is 0.497 e. The van der Waals surface area contributed by atoms with Gasteiger partial charge in [-0.1, -0.05) is 0 Å². The van der Waals surface area contributed by atoms with Gasteiger partial charge in [-0.15, -0.1) is 11.3 Å². The van der Waals surface area contributed by atoms with Gasteiger partial charge in [0.15, 0.2) is 10.9 Å². The predicted octanol–water partition coefficient (Wildman–Crippen LogP) is 5.44. The highest BCUT2D eigenvalue weighted by molar-refractivity contribution is 7.16. The Morgan fingerprint density at radius 1 is 1.03 bits per heavy atom. The lowest BCUT2D eigenvalue weighted by Gasteiger charge is -2.02. The third-order valence-corrected chi connectivity index (χ3v) is 5.62. The highest BCUT2D eigenvalue weighted by Gasteiger charge is 2.20. The molecule has 4 aromatic rings. The number of nitrogens with zero attached hydrogens (tertiary/aromatic N) is 1. The predicted molar refractivity (Wildman–Crippen MR) is 114 cm³/mol. The first-order valence-electron chi connectivity index (χ1n) is 9.00. The van der Waals surface area contributed by atoms with Crippen LogP contribution in [0.15, 0.2) is 46.9 Å². The minimum absolute atomic E-state index is 0.270. The zero-order valence-electron chi connectivity index (χ0n) is 16.5. The van der Waals surface area contributed by atoms with Crippen molar-refractivity contribution in [3.8, 4) is 22.8 Å². The van der Waals surface area contributed by atoms with E-state index in [4.69, 9.17) is 13.9 Å². The molecule has 0 saturated carbocycles. The summed E-state index contributed by atoms with van der Waals surface area (Å²) in [6.07, 6.45) is 0. The second-order valence-corrected chi connectivity index (χ2v) is 7.73. The van der Waals surface area contributed by atoms with Gasteiger partial charge in [-0.25, -0.2) is 4.98 Å². The van der Waals surface area contributed by atoms with Crippen molar-refractivity contribution in [2.75, 3.05) is 19.5 Å². The maximum atomic E-state index is 12.8. The number of methoxy groups -OCH3 is 2. The van der Waals surface area contributed by atoms with Gasteiger partial charge in [0.25, 0.3) is 5.91 Å². The molecule has 2 aromatic heterocycles. The van der Waals surface area contributed by atoms with Crippen molar-refractivity contribution in [1.29, 1.82) is 0 Å². The first kappa shape index (κ1) is 19.0. The SMILES string of the molecule is COc1ccc(-c2nc(NC(=O)c3oc4ccc(OC)cc4c3C)sc2C)cc1. The number of carbonyl (C=O) groups excluding carboxylic acids is 1. The topological polar surface area (TPSA) is 73.6 Å². The number of carbonyl (C=O) groups is 1. The number of thiazole rings is 1. The third kappa shape index (κ3) is 3.56. The molecule has 0 atom stereocenters. The number of nitrogens with one attached hydrogen (secondary N) is 1. The molecule has 6 nitrogen and oxygen atoms in total. The van der Waals surface area contributed by atoms with E-state index in [-0.39, 0.29) is 11.7 Å². The van der Waals surface area contributed by atoms with E-state index >= 15 is 0 Å². The standard InChI is InChI=1S/C22H20N2O4S/c1-12-17-11-16(27-4)9-10-18(17)28-20(12)21(25)24-22-23-19(13(2)29-22)14-5-7-15(26-3)8-6-14/h5-11H,1-4H3,(H,23,24,25). The molecule has 2 heterocycles. The van der Waals surface area contributed by atoms with Gasteiger partial charge in [0, 0.05) is 21.4 Å². The second-order valence-electron chi connectivity index (χ2n) is 6.52. The average Bonchev–Trinajstić information content (AvgIpc) is 3.27. The summed E-state index contributed by atoms with van der Waals surface area (Å²) in [4.78, 5) is 18.4. The van der Waals surface area contributed by atoms with Gasteiger partial charge in [-0.05, 0) is 56.3 Å². The van der Waals surface area contributed by atoms with E-state index in [2.05, 4.69) is 10.3 Å². The van der Waals surface area contributed by atoms with Crippen LogP contribution in [0, 0.1) is 13.8 Å². The Balaban J connectivity index is 1.60. The van der Waals surface area contributed by atoms with Crippen LogP contribution in [0.1, 0.15) is 21.0 Å². The van der Waals surface area contributed by atoms with Gasteiger partial charge < -0.3 is 13.9 Å². The molecule has 29 heavy (non-hydrogen) atoms. The second kappa shape index (κ2) is 7.60. The summed E-state index contributed by atoms with van der Waals surface area (Å²) in [6, 6.07) is 13.1. The number of ether oxygens (including phenoxy) is 2. The summed E-state index contributed by atoms with van der Waals surface area (Å²) < 4.78 is 16.2. The Labute approximate surface area is 172 Å². The average molecular weight is 408 g/mol. The Hall–Kier alpha value is -3.32. The first-order valence-corrected chi connectivity index (χ1v) is 9.82. The number of furan rings is 1. The third-order valence-electron chi connectivity index (χ3n) is 4.73. The van der Waals surface area contributed by atoms with Gasteiger partial charge in [-0.3, -0.25) is 10.1 Å². The fourth-order valence-corrected chi connectivity index (χ4v) is 3.99. The Morgan fingerprint density at radius 3 is 2.41 bits per heavy atom. The number of benzene rings is 2. The molecule has 0 fully saturated rings. The lowest BCUT2D eigenvalue weighted by atomic mass is 10.1. The minimum atomic E-state index is -0.326. The fraction of sp³-hybridized carbons (Fsp3) is 0.182. The Kier molecular flexibility index (Phi) is 4.98. The zero-order chi connectivity index (χ0) is 20.5. The van der Waals surface area contributed by atoms with E-state index in [1.165, 1.54) is 11.3 Å². The van der Waals surface area contributed by atoms with Crippen molar-refractivity contribution in [1.82, 2.24) is 4.98 Å². The summed E-state index contributed by atoms with van der Waals surface area (Å²) >= 11 is 1.42. The van der Waals surface area contributed by atoms with Gasteiger partial charge in [-0.2, -0.15) is 0 Å². The van der Waals surface area contributed by atoms with E-state index < -0.39 is 0 Å². The molecule has 0 radical (unpaired) electrons. The molecule has 4 rings (SSSR count). The van der Waals surface area contributed by atoms with Crippen molar-refractivity contribution in [3.05, 3.63) is 58.7 Å². The number of hydrogen-bond acceptors (Lipinski definition) is 6. The van der Waals surface area contributed by atoms with E-state index in [1.54, 1.807) is 26.4 Å². The number of rotatable bonds is 5. The van der Waals surface area contributed by atoms with Crippen molar-refractivity contribution >= 4 is 33.3 Å². The van der Waals surface area contributed by atoms with Crippen LogP contribution in [0.25, 0.3) is 22.2 Å². The smallest absolute Gasteiger partial charge is 0.293 e. The molecule has 148 valence electrons. The molecule has 0 saturated heterocycles. The first-order chi connectivity index (χ1) is 14.0. The molecule has 2 aromatic carbocycles. The zero-order valence-corrected chi connectivity index (χ0v) is 17.3. The van der Waals surface area contributed by atoms with Crippen molar-refractivity contribution in [3.63, 3.8) is 0 Å². The molecule has 7 heteroatoms. The van der Waals surface area contributed by atoms with Crippen LogP contribution < -0.4 is 14.8 Å². The van der Waals surface area contributed by atoms with E-state index in [0.29, 0.717) is 16.5 Å². The molecule has 0 aliphatic heterocycles. The molecular weight excluding hydrogens is 388 g/mol. The van der Waals surface area contributed by atoms with Gasteiger partial charge in [0.1, 0.15) is 17.1 Å². The van der Waals surface area contributed by atoms with Gasteiger partial charge in [0.2, 0.25) is 0 Å². The quantitative estimate of drug-likeness (QED) is 0.476. The Morgan fingerprint density at radius 2 is 1.72 bits per heavy atom. The van der Waals surface area contributed by atoms with Crippen LogP contribution in [0.2, 0.25) is 0 Å². The molecule has 0 spiro atoms. The normalized spacial score (nSPS) is 10.9. The van der Waals surface area contributed by atoms with Crippen molar-refractivity contribution in [2.45, 2.75) is 13.8 Å². The number of fused-ring (bicyclic) bond motifs is 1. The maximum Gasteiger partial charge on any atom is 0.293 e. The highest BCUT2D eigenvalue weighted by atomic mass is 32.1. The monoisotopic (exact) mass is 408 g/mol. The molecule has 1 N–H and O–H groups in total. The van der Waals surface area contributed by atoms with Crippen LogP contribution in [-0.2, 0) is 0 Å². The highest BCUT2D eigenvalue weighted by Crippen LogP contribution is 2.33. The molecule has 0 aliphatic rings. The summed E-state index contributed by atoms with van der Waals surface area (Å²) in [6.45, 7) is 3.83. The maximum absolute atomic E-state index is 12.8. The number of aromatic nitrogens is 1. The van der Waals surface area contributed by atoms with Gasteiger partial charge >= 0.3 is 0 Å². The van der Waals surface area contributed by atoms with Crippen LogP contribution in [0.5, 0.6) is 11.5 Å². The van der Waals surface area contributed by atoms with E-state index in [0.717, 1.165) is 32.8 Å². The fourth-order valence-electron chi connectivity index (χ4n) is 3.16. The molecule has 0 bridgehead atoms. The number of amides is 1. The van der Waals surface area contributed by atoms with Crippen LogP contribution >= 0.6 is 11.3 Å². The number of anilines is 1. The van der Waals surface area contributed by atoms with Gasteiger partial charge in [0.05, 0.1) is 19.9 Å². The van der Waals surface area contributed by atoms with Crippen molar-refractivity contribution < 1.29 is 18.7 Å². The lowest BCUT2D eigenvalue weighted by molar-refractivity contribution is 0.0998. The number of hydrogen-bond donors (Lipinski definition) is 1. The molecule has 0 aliphatic carbocycles. The Bertz CT molecular complexity index is 1190. The molecular formula is C22H20N2O4S. The summed E-state index contributed by atoms with van der Waals surface area (Å²) in [5, 5.41) is 4.24. The van der Waals surface area contributed by atoms with Crippen LogP contribution in [-0.4, -0.2) is 25.1 Å². The van der Waals surface area contributed by atoms with Crippen LogP contribution in [0.4, 0.5) is 5.13 Å². The lowest BCUT2D eigenvalue weighted by Crippen LogP contribution is -2.11. The summed E-state index contributed by atoms with van der Waals surface area (Å²) in [7, 11) is 3.24. The summed E-state index contributed by atoms with van der Waals surface area (Å²) in [5.41, 5.74) is 3.20. The molecule has 0 unspecified atom stereocenters. The van der Waals surface area contributed by atoms with Crippen LogP contribution in [0.3, 0.4) is 0 Å². The minimum Gasteiger partial charge on any atom is -0.497 e.